The largest absolute Gasteiger partial charge is 0.507 e. The molecule has 7 heterocycles. The van der Waals surface area contributed by atoms with Crippen molar-refractivity contribution < 1.29 is 222 Å². The molecule has 5 aromatic carbocycles. The van der Waals surface area contributed by atoms with E-state index in [1.807, 2.05) is 0 Å². The monoisotopic (exact) mass is 1760 g/mol. The van der Waals surface area contributed by atoms with Gasteiger partial charge in [0, 0.05) is 36.4 Å². The standard InChI is InChI=1S/C79H90O45/c1-108-42-19-32(8-11-35(42)86)70-45(22-34-40(110-70)20-33(85)21-41(34)112-74-67(105)61(99)55(93)46(23-80)116-74)115-78-73(124-79-72(65(103)59(97)50(27-84)120-79)123-54(92)15-7-31-3-10-37(88)44(18-31)114-76-69(107)63(101)57(95)48(25-82)118-76)66(104)60(98)51(121-78)28-109-52(90)13-5-29-4-12-39(38(89)16-29)111-77-71(64(102)58(96)49(26-83)119-77)122-53(91)14-6-30-2-9-36(87)43(17-30)113-75-68(106)62(100)56(94)47(24-81)117-75/h2-22,46-51,55-69,71-84,93-107H,23-28H2,1H3,(H4-,85,86,87,88,89,91,92)/p+1. The molecule has 6 aliphatic rings. The molecule has 45 heteroatoms. The highest BCUT2D eigenvalue weighted by atomic mass is 16.8. The molecular formula is C79H91O45+. The Bertz CT molecular complexity index is 4750. The van der Waals surface area contributed by atoms with Gasteiger partial charge >= 0.3 is 29.3 Å². The Labute approximate surface area is 698 Å². The Balaban J connectivity index is 0.799. The van der Waals surface area contributed by atoms with Crippen molar-refractivity contribution in [3.8, 4) is 74.6 Å². The number of methoxy groups -OCH3 is 1. The molecule has 0 bridgehead atoms. The molecule has 25 N–H and O–H groups in total. The first kappa shape index (κ1) is 93.0. The fourth-order valence-electron chi connectivity index (χ4n) is 13.7. The van der Waals surface area contributed by atoms with Crippen LogP contribution in [0.4, 0.5) is 0 Å². The summed E-state index contributed by atoms with van der Waals surface area (Å²) in [4.78, 5) is 41.1. The number of hydrogen-bond acceptors (Lipinski definition) is 44. The smallest absolute Gasteiger partial charge is 0.402 e. The number of ether oxygens (including phenoxy) is 16. The second kappa shape index (κ2) is 40.4. The molecule has 6 aromatic rings. The lowest BCUT2D eigenvalue weighted by Crippen LogP contribution is -2.65. The average molecular weight is 1760 g/mol. The summed E-state index contributed by atoms with van der Waals surface area (Å²) in [7, 11) is 1.19. The quantitative estimate of drug-likeness (QED) is 0.00898. The topological polar surface area (TPSA) is 716 Å². The first-order valence-corrected chi connectivity index (χ1v) is 37.9. The fourth-order valence-corrected chi connectivity index (χ4v) is 13.7. The van der Waals surface area contributed by atoms with Crippen LogP contribution in [0.15, 0.2) is 114 Å². The van der Waals surface area contributed by atoms with E-state index in [1.165, 1.54) is 37.4 Å². The van der Waals surface area contributed by atoms with Crippen molar-refractivity contribution in [2.45, 2.75) is 184 Å². The van der Waals surface area contributed by atoms with Gasteiger partial charge < -0.3 is 203 Å². The third kappa shape index (κ3) is 20.7. The molecule has 6 saturated heterocycles. The number of aliphatic hydroxyl groups excluding tert-OH is 20. The fraction of sp³-hybridized carbons (Fsp3) is 0.468. The minimum absolute atomic E-state index is 0.0242. The van der Waals surface area contributed by atoms with Crippen LogP contribution in [0.1, 0.15) is 16.7 Å². The van der Waals surface area contributed by atoms with Crippen molar-refractivity contribution in [1.82, 2.24) is 0 Å². The SMILES string of the molecule is COc1cc(-c2[o+]c3cc(O)cc(OC4OC(CO)C(O)C(O)C4O)c3cc2OC2OC(COC(=O)C=Cc3ccc(OC4OC(CO)C(O)C(O)C4OC(=O)C=Cc4ccc(O)c(OC5OC(CO)C(O)C(O)C5O)c4)c(O)c3)C(O)C(O)C2OC2OC(CO)C(O)C(O)C2OC(=O)C=Cc2ccc(O)c(OC3OC(CO)C(O)C(O)C3O)c2)ccc1O. The lowest BCUT2D eigenvalue weighted by atomic mass is 9.97. The molecule has 0 radical (unpaired) electrons. The van der Waals surface area contributed by atoms with Gasteiger partial charge in [0.15, 0.2) is 70.6 Å². The molecule has 0 spiro atoms. The number of fused-ring (bicyclic) bond motifs is 1. The van der Waals surface area contributed by atoms with Crippen LogP contribution in [0, 0.1) is 0 Å². The van der Waals surface area contributed by atoms with Gasteiger partial charge in [-0.1, -0.05) is 18.2 Å². The Morgan fingerprint density at radius 1 is 0.347 bits per heavy atom. The van der Waals surface area contributed by atoms with Crippen LogP contribution in [0.2, 0.25) is 0 Å². The zero-order chi connectivity index (χ0) is 89.6. The molecule has 124 heavy (non-hydrogen) atoms. The van der Waals surface area contributed by atoms with Crippen LogP contribution in [-0.2, 0) is 61.8 Å². The van der Waals surface area contributed by atoms with Crippen LogP contribution in [-0.4, -0.2) is 377 Å². The van der Waals surface area contributed by atoms with Gasteiger partial charge in [-0.25, -0.2) is 18.8 Å². The highest BCUT2D eigenvalue weighted by molar-refractivity contribution is 5.90. The Hall–Kier alpha value is -10.1. The number of carbonyl (C=O) groups is 3. The van der Waals surface area contributed by atoms with Gasteiger partial charge in [-0.2, -0.15) is 0 Å². The molecule has 676 valence electrons. The van der Waals surface area contributed by atoms with Gasteiger partial charge in [0.1, 0.15) is 152 Å². The van der Waals surface area contributed by atoms with Crippen LogP contribution in [0.25, 0.3) is 40.5 Å². The minimum atomic E-state index is -2.38. The van der Waals surface area contributed by atoms with Crippen LogP contribution in [0.5, 0.6) is 63.2 Å². The van der Waals surface area contributed by atoms with Crippen LogP contribution in [0.3, 0.4) is 0 Å². The molecule has 0 saturated carbocycles. The summed E-state index contributed by atoms with van der Waals surface area (Å²) in [5, 5.41) is 268. The predicted octanol–water partition coefficient (Wildman–Crippen LogP) is -6.57. The Morgan fingerprint density at radius 2 is 0.726 bits per heavy atom. The molecule has 6 aliphatic heterocycles. The van der Waals surface area contributed by atoms with Crippen LogP contribution < -0.4 is 28.4 Å². The van der Waals surface area contributed by atoms with Gasteiger partial charge in [-0.15, -0.1) is 0 Å². The van der Waals surface area contributed by atoms with E-state index in [4.69, 9.17) is 80.2 Å². The third-order valence-corrected chi connectivity index (χ3v) is 20.7. The van der Waals surface area contributed by atoms with Crippen molar-refractivity contribution >= 4 is 47.1 Å². The minimum Gasteiger partial charge on any atom is -0.507 e. The number of rotatable bonds is 29. The molecule has 45 nitrogen and oxygen atoms in total. The number of phenols is 5. The van der Waals surface area contributed by atoms with Crippen molar-refractivity contribution in [3.63, 3.8) is 0 Å². The zero-order valence-corrected chi connectivity index (χ0v) is 64.5. The second-order valence-corrected chi connectivity index (χ2v) is 29.0. The van der Waals surface area contributed by atoms with E-state index in [0.29, 0.717) is 0 Å². The van der Waals surface area contributed by atoms with Gasteiger partial charge in [0.25, 0.3) is 0 Å². The molecule has 30 atom stereocenters. The number of esters is 3. The molecular weight excluding hydrogens is 1670 g/mol. The molecule has 12 rings (SSSR count). The number of aliphatic hydroxyl groups is 20. The number of hydrogen-bond donors (Lipinski definition) is 25. The van der Waals surface area contributed by atoms with E-state index < -0.39 is 294 Å². The van der Waals surface area contributed by atoms with Gasteiger partial charge in [-0.05, 0) is 83.4 Å². The van der Waals surface area contributed by atoms with Crippen molar-refractivity contribution in [2.75, 3.05) is 46.8 Å². The zero-order valence-electron chi connectivity index (χ0n) is 64.5. The average Bonchev–Trinajstić information content (AvgIpc) is 0.756. The van der Waals surface area contributed by atoms with E-state index >= 15 is 0 Å². The van der Waals surface area contributed by atoms with E-state index in [9.17, 15) is 142 Å². The molecule has 0 amide bonds. The molecule has 30 unspecified atom stereocenters. The summed E-state index contributed by atoms with van der Waals surface area (Å²) in [6.45, 7) is -5.52. The van der Waals surface area contributed by atoms with Gasteiger partial charge in [0.2, 0.25) is 37.2 Å². The number of benzene rings is 5. The first-order chi connectivity index (χ1) is 59.1. The highest BCUT2D eigenvalue weighted by Gasteiger charge is 2.56. The van der Waals surface area contributed by atoms with E-state index in [-0.39, 0.29) is 50.5 Å². The summed E-state index contributed by atoms with van der Waals surface area (Å²) < 4.78 is 98.2. The van der Waals surface area contributed by atoms with E-state index in [1.54, 1.807) is 0 Å². The summed E-state index contributed by atoms with van der Waals surface area (Å²) in [5.41, 5.74) is -0.122. The normalized spacial score (nSPS) is 34.0. The summed E-state index contributed by atoms with van der Waals surface area (Å²) in [5.74, 6) is -9.32. The number of carbonyl (C=O) groups excluding carboxylic acids is 3. The lowest BCUT2D eigenvalue weighted by molar-refractivity contribution is -0.358. The molecule has 1 aromatic heterocycles. The maximum atomic E-state index is 13.9. The van der Waals surface area contributed by atoms with Crippen molar-refractivity contribution in [1.29, 1.82) is 0 Å². The maximum Gasteiger partial charge on any atom is 0.402 e. The Kier molecular flexibility index (Phi) is 30.3. The van der Waals surface area contributed by atoms with Gasteiger partial charge in [0.05, 0.1) is 51.8 Å². The predicted molar refractivity (Wildman–Crippen MR) is 404 cm³/mol. The van der Waals surface area contributed by atoms with Crippen LogP contribution >= 0.6 is 0 Å². The second-order valence-electron chi connectivity index (χ2n) is 29.0. The van der Waals surface area contributed by atoms with Crippen molar-refractivity contribution in [3.05, 3.63) is 126 Å². The van der Waals surface area contributed by atoms with E-state index in [2.05, 4.69) is 0 Å². The van der Waals surface area contributed by atoms with Gasteiger partial charge in [-0.3, -0.25) is 0 Å². The summed E-state index contributed by atoms with van der Waals surface area (Å²) in [6.07, 6.45) is -51.9. The maximum absolute atomic E-state index is 13.9. The first-order valence-electron chi connectivity index (χ1n) is 37.9. The number of aromatic hydroxyl groups is 5. The number of phenolic OH excluding ortho intramolecular Hbond substituents is 5. The van der Waals surface area contributed by atoms with Crippen molar-refractivity contribution in [2.24, 2.45) is 0 Å². The molecule has 6 fully saturated rings. The third-order valence-electron chi connectivity index (χ3n) is 20.7. The highest BCUT2D eigenvalue weighted by Crippen LogP contribution is 2.46. The molecule has 0 aliphatic carbocycles. The Morgan fingerprint density at radius 3 is 1.21 bits per heavy atom. The lowest BCUT2D eigenvalue weighted by Gasteiger charge is -2.46. The summed E-state index contributed by atoms with van der Waals surface area (Å²) >= 11 is 0. The summed E-state index contributed by atoms with van der Waals surface area (Å²) in [6, 6.07) is 17.2. The van der Waals surface area contributed by atoms with E-state index in [0.717, 1.165) is 97.1 Å².